The molecule has 2 aromatic carbocycles. The van der Waals surface area contributed by atoms with E-state index < -0.39 is 18.9 Å². The van der Waals surface area contributed by atoms with E-state index in [1.807, 2.05) is 37.3 Å². The highest BCUT2D eigenvalue weighted by molar-refractivity contribution is 5.97. The molecule has 0 saturated carbocycles. The molecule has 0 aliphatic heterocycles. The minimum Gasteiger partial charge on any atom is -0.493 e. The molecule has 0 spiro atoms. The number of nitrogens with zero attached hydrogens (tertiary/aromatic N) is 1. The maximum Gasteiger partial charge on any atom is 0.196 e. The molecule has 8 nitrogen and oxygen atoms in total. The molecule has 0 radical (unpaired) electrons. The van der Waals surface area contributed by atoms with Gasteiger partial charge in [0, 0.05) is 36.9 Å². The fourth-order valence-corrected chi connectivity index (χ4v) is 3.37. The zero-order valence-corrected chi connectivity index (χ0v) is 20.0. The molecule has 0 aliphatic rings. The van der Waals surface area contributed by atoms with Crippen molar-refractivity contribution < 1.29 is 33.5 Å². The normalized spacial score (nSPS) is 13.9. The number of ether oxygens (including phenoxy) is 6. The number of aliphatic hydroxyl groups excluding tert-OH is 1. The van der Waals surface area contributed by atoms with Crippen LogP contribution in [0.4, 0.5) is 0 Å². The van der Waals surface area contributed by atoms with Gasteiger partial charge in [0.25, 0.3) is 0 Å². The molecule has 3 atom stereocenters. The van der Waals surface area contributed by atoms with Crippen LogP contribution in [0.3, 0.4) is 0 Å². The van der Waals surface area contributed by atoms with E-state index >= 15 is 0 Å². The smallest absolute Gasteiger partial charge is 0.196 e. The van der Waals surface area contributed by atoms with Gasteiger partial charge < -0.3 is 33.5 Å². The highest BCUT2D eigenvalue weighted by atomic mass is 16.7. The number of rotatable bonds is 10. The van der Waals surface area contributed by atoms with Crippen molar-refractivity contribution in [2.24, 2.45) is 0 Å². The minimum atomic E-state index is -0.974. The van der Waals surface area contributed by atoms with E-state index in [1.54, 1.807) is 48.2 Å². The summed E-state index contributed by atoms with van der Waals surface area (Å²) >= 11 is 0. The summed E-state index contributed by atoms with van der Waals surface area (Å²) in [6.45, 7) is 7.07. The maximum absolute atomic E-state index is 9.69. The minimum absolute atomic E-state index is 0.445. The molecule has 1 heterocycles. The Bertz CT molecular complexity index is 1070. The number of aromatic nitrogens is 1. The number of pyridine rings is 1. The molecule has 0 saturated heterocycles. The number of methoxy groups -OCH3 is 3. The van der Waals surface area contributed by atoms with Crippen LogP contribution in [0.25, 0.3) is 22.0 Å². The molecule has 3 unspecified atom stereocenters. The van der Waals surface area contributed by atoms with E-state index in [-0.39, 0.29) is 0 Å². The van der Waals surface area contributed by atoms with Gasteiger partial charge in [0.2, 0.25) is 0 Å². The van der Waals surface area contributed by atoms with Gasteiger partial charge in [-0.3, -0.25) is 4.98 Å². The summed E-state index contributed by atoms with van der Waals surface area (Å²) in [4.78, 5) is 4.80. The third kappa shape index (κ3) is 6.04. The molecule has 8 heteroatoms. The van der Waals surface area contributed by atoms with Gasteiger partial charge in [0.05, 0.1) is 12.8 Å². The van der Waals surface area contributed by atoms with Crippen LogP contribution in [0, 0.1) is 6.92 Å². The quantitative estimate of drug-likeness (QED) is 0.439. The first-order valence-corrected chi connectivity index (χ1v) is 10.6. The van der Waals surface area contributed by atoms with Gasteiger partial charge in [0.15, 0.2) is 30.4 Å². The molecule has 0 aliphatic carbocycles. The number of benzene rings is 2. The highest BCUT2D eigenvalue weighted by Gasteiger charge is 2.17. The van der Waals surface area contributed by atoms with E-state index in [9.17, 15) is 5.11 Å². The van der Waals surface area contributed by atoms with Crippen LogP contribution in [0.2, 0.25) is 0 Å². The maximum atomic E-state index is 9.69. The second kappa shape index (κ2) is 10.7. The highest BCUT2D eigenvalue weighted by Crippen LogP contribution is 2.39. The second-order valence-corrected chi connectivity index (χ2v) is 7.59. The first-order valence-electron chi connectivity index (χ1n) is 10.6. The fraction of sp³-hybridized carbons (Fsp3) is 0.400. The fourth-order valence-electron chi connectivity index (χ4n) is 3.37. The summed E-state index contributed by atoms with van der Waals surface area (Å²) in [5.74, 6) is 2.07. The molecule has 3 aromatic rings. The number of fused-ring (bicyclic) bond motifs is 1. The largest absolute Gasteiger partial charge is 0.493 e. The van der Waals surface area contributed by atoms with Crippen LogP contribution < -0.4 is 18.9 Å². The zero-order chi connectivity index (χ0) is 24.1. The van der Waals surface area contributed by atoms with Gasteiger partial charge in [-0.05, 0) is 63.4 Å². The van der Waals surface area contributed by atoms with Crippen molar-refractivity contribution >= 4 is 10.8 Å². The summed E-state index contributed by atoms with van der Waals surface area (Å²) in [5, 5.41) is 11.4. The van der Waals surface area contributed by atoms with Gasteiger partial charge in [-0.1, -0.05) is 0 Å². The van der Waals surface area contributed by atoms with Crippen molar-refractivity contribution in [3.8, 4) is 34.3 Å². The van der Waals surface area contributed by atoms with E-state index in [1.165, 1.54) is 0 Å². The monoisotopic (exact) mass is 457 g/mol. The van der Waals surface area contributed by atoms with Crippen LogP contribution >= 0.6 is 0 Å². The SMILES string of the molecule is COc1cc2c(-c3cc(OC(C)OC)cc(OC(C)OC)c3)nc(C)cc2cc1OC(C)O. The van der Waals surface area contributed by atoms with E-state index in [4.69, 9.17) is 33.4 Å². The van der Waals surface area contributed by atoms with Crippen LogP contribution in [-0.2, 0) is 9.47 Å². The van der Waals surface area contributed by atoms with Gasteiger partial charge in [-0.25, -0.2) is 0 Å². The summed E-state index contributed by atoms with van der Waals surface area (Å²) in [6, 6.07) is 11.2. The van der Waals surface area contributed by atoms with Crippen molar-refractivity contribution in [1.29, 1.82) is 0 Å². The summed E-state index contributed by atoms with van der Waals surface area (Å²) in [7, 11) is 4.71. The van der Waals surface area contributed by atoms with E-state index in [2.05, 4.69) is 0 Å². The van der Waals surface area contributed by atoms with Crippen molar-refractivity contribution in [2.45, 2.75) is 46.6 Å². The first-order chi connectivity index (χ1) is 15.7. The average molecular weight is 458 g/mol. The zero-order valence-electron chi connectivity index (χ0n) is 20.0. The molecule has 3 rings (SSSR count). The Morgan fingerprint density at radius 2 is 1.36 bits per heavy atom. The topological polar surface area (TPSA) is 88.5 Å². The molecular formula is C25H31NO7. The lowest BCUT2D eigenvalue weighted by Crippen LogP contribution is -2.15. The van der Waals surface area contributed by atoms with Crippen molar-refractivity contribution in [3.63, 3.8) is 0 Å². The Kier molecular flexibility index (Phi) is 7.97. The average Bonchev–Trinajstić information content (AvgIpc) is 2.77. The molecule has 0 bridgehead atoms. The number of aliphatic hydroxyl groups is 1. The number of hydrogen-bond acceptors (Lipinski definition) is 8. The van der Waals surface area contributed by atoms with E-state index in [0.29, 0.717) is 23.0 Å². The predicted molar refractivity (Wildman–Crippen MR) is 125 cm³/mol. The molecule has 33 heavy (non-hydrogen) atoms. The summed E-state index contributed by atoms with van der Waals surface area (Å²) in [5.41, 5.74) is 2.32. The Morgan fingerprint density at radius 1 is 0.758 bits per heavy atom. The Hall–Kier alpha value is -3.07. The van der Waals surface area contributed by atoms with Gasteiger partial charge in [-0.2, -0.15) is 0 Å². The third-order valence-electron chi connectivity index (χ3n) is 4.96. The third-order valence-corrected chi connectivity index (χ3v) is 4.96. The first kappa shape index (κ1) is 24.6. The summed E-state index contributed by atoms with van der Waals surface area (Å²) < 4.78 is 33.3. The van der Waals surface area contributed by atoms with Crippen LogP contribution in [-0.4, -0.2) is 50.3 Å². The summed E-state index contributed by atoms with van der Waals surface area (Å²) in [6.07, 6.45) is -1.87. The van der Waals surface area contributed by atoms with Crippen molar-refractivity contribution in [3.05, 3.63) is 42.1 Å². The second-order valence-electron chi connectivity index (χ2n) is 7.59. The molecule has 1 N–H and O–H groups in total. The van der Waals surface area contributed by atoms with Crippen LogP contribution in [0.15, 0.2) is 36.4 Å². The van der Waals surface area contributed by atoms with E-state index in [0.717, 1.165) is 27.7 Å². The lowest BCUT2D eigenvalue weighted by Gasteiger charge is -2.19. The van der Waals surface area contributed by atoms with Crippen molar-refractivity contribution in [1.82, 2.24) is 4.98 Å². The van der Waals surface area contributed by atoms with Crippen LogP contribution in [0.1, 0.15) is 26.5 Å². The van der Waals surface area contributed by atoms with Gasteiger partial charge >= 0.3 is 0 Å². The van der Waals surface area contributed by atoms with Crippen LogP contribution in [0.5, 0.6) is 23.0 Å². The van der Waals surface area contributed by atoms with Gasteiger partial charge in [0.1, 0.15) is 11.5 Å². The lowest BCUT2D eigenvalue weighted by molar-refractivity contribution is -0.0424. The Balaban J connectivity index is 2.20. The molecule has 0 fully saturated rings. The van der Waals surface area contributed by atoms with Gasteiger partial charge in [-0.15, -0.1) is 0 Å². The molecular weight excluding hydrogens is 426 g/mol. The molecule has 1 aromatic heterocycles. The van der Waals surface area contributed by atoms with Crippen molar-refractivity contribution in [2.75, 3.05) is 21.3 Å². The number of aryl methyl sites for hydroxylation is 1. The Labute approximate surface area is 194 Å². The molecule has 0 amide bonds. The lowest BCUT2D eigenvalue weighted by atomic mass is 10.0. The number of hydrogen-bond donors (Lipinski definition) is 1. The predicted octanol–water partition coefficient (Wildman–Crippen LogP) is 4.68. The molecule has 178 valence electrons. The standard InChI is InChI=1S/C25H31NO7/c1-14-8-18-11-24(31-15(2)27)23(30-7)13-22(18)25(26-14)19-9-20(32-16(3)28-5)12-21(10-19)33-17(4)29-6/h8-13,15-17,27H,1-7H3. The Morgan fingerprint density at radius 3 is 1.88 bits per heavy atom.